The predicted octanol–water partition coefficient (Wildman–Crippen LogP) is 3.72. The van der Waals surface area contributed by atoms with Gasteiger partial charge in [0.2, 0.25) is 5.75 Å². The molecular weight excluding hydrogens is 406 g/mol. The Morgan fingerprint density at radius 1 is 1.03 bits per heavy atom. The van der Waals surface area contributed by atoms with E-state index in [1.807, 2.05) is 30.3 Å². The van der Waals surface area contributed by atoms with Gasteiger partial charge in [0.25, 0.3) is 5.91 Å². The number of aromatic nitrogens is 1. The number of amides is 1. The van der Waals surface area contributed by atoms with Gasteiger partial charge >= 0.3 is 0 Å². The minimum absolute atomic E-state index is 0.263. The van der Waals surface area contributed by atoms with E-state index in [-0.39, 0.29) is 5.91 Å². The largest absolute Gasteiger partial charge is 0.493 e. The van der Waals surface area contributed by atoms with Crippen LogP contribution in [0.4, 0.5) is 10.8 Å². The highest BCUT2D eigenvalue weighted by atomic mass is 32.1. The highest BCUT2D eigenvalue weighted by molar-refractivity contribution is 7.14. The normalized spacial score (nSPS) is 10.2. The second kappa shape index (κ2) is 10.4. The van der Waals surface area contributed by atoms with Crippen molar-refractivity contribution in [3.05, 3.63) is 53.5 Å². The lowest BCUT2D eigenvalue weighted by atomic mass is 10.2. The van der Waals surface area contributed by atoms with Gasteiger partial charge in [-0.05, 0) is 12.1 Å². The number of nitrogens with zero attached hydrogens (tertiary/aromatic N) is 1. The molecule has 0 fully saturated rings. The summed E-state index contributed by atoms with van der Waals surface area (Å²) in [5, 5.41) is 8.20. The topological polar surface area (TPSA) is 90.9 Å². The van der Waals surface area contributed by atoms with Crippen molar-refractivity contribution >= 4 is 28.1 Å². The fourth-order valence-corrected chi connectivity index (χ4v) is 3.36. The third kappa shape index (κ3) is 5.32. The molecule has 0 saturated carbocycles. The van der Waals surface area contributed by atoms with Gasteiger partial charge in [-0.1, -0.05) is 18.2 Å². The lowest BCUT2D eigenvalue weighted by molar-refractivity contribution is 0.0943. The summed E-state index contributed by atoms with van der Waals surface area (Å²) < 4.78 is 21.6. The SMILES string of the molecule is COc1cc(Nc2nc(C(=O)NCCOc3ccccc3)cs2)cc(OC)c1OC. The molecule has 8 nitrogen and oxygen atoms in total. The fourth-order valence-electron chi connectivity index (χ4n) is 2.65. The average Bonchev–Trinajstić information content (AvgIpc) is 3.25. The van der Waals surface area contributed by atoms with Crippen LogP contribution in [0.5, 0.6) is 23.0 Å². The summed E-state index contributed by atoms with van der Waals surface area (Å²) in [4.78, 5) is 16.6. The van der Waals surface area contributed by atoms with Gasteiger partial charge < -0.3 is 29.6 Å². The zero-order valence-electron chi connectivity index (χ0n) is 16.9. The number of nitrogens with one attached hydrogen (secondary N) is 2. The highest BCUT2D eigenvalue weighted by Crippen LogP contribution is 2.40. The van der Waals surface area contributed by atoms with Crippen LogP contribution in [0.1, 0.15) is 10.5 Å². The Hall–Kier alpha value is -3.46. The molecule has 30 heavy (non-hydrogen) atoms. The van der Waals surface area contributed by atoms with Crippen molar-refractivity contribution < 1.29 is 23.7 Å². The first kappa shape index (κ1) is 21.3. The molecule has 0 radical (unpaired) electrons. The molecule has 1 heterocycles. The number of carbonyl (C=O) groups excluding carboxylic acids is 1. The van der Waals surface area contributed by atoms with Crippen LogP contribution in [0.15, 0.2) is 47.8 Å². The first-order valence-corrected chi connectivity index (χ1v) is 10.0. The van der Waals surface area contributed by atoms with E-state index in [1.54, 1.807) is 38.8 Å². The molecular formula is C21H23N3O5S. The lowest BCUT2D eigenvalue weighted by Crippen LogP contribution is -2.28. The molecule has 0 saturated heterocycles. The van der Waals surface area contributed by atoms with Crippen LogP contribution in [0.25, 0.3) is 0 Å². The molecule has 0 unspecified atom stereocenters. The summed E-state index contributed by atoms with van der Waals surface area (Å²) in [6, 6.07) is 13.0. The molecule has 0 bridgehead atoms. The molecule has 3 rings (SSSR count). The second-order valence-electron chi connectivity index (χ2n) is 5.99. The Labute approximate surface area is 178 Å². The number of hydrogen-bond donors (Lipinski definition) is 2. The summed E-state index contributed by atoms with van der Waals surface area (Å²) >= 11 is 1.32. The molecule has 1 amide bonds. The molecule has 0 aliphatic rings. The zero-order chi connectivity index (χ0) is 21.3. The number of ether oxygens (including phenoxy) is 4. The van der Waals surface area contributed by atoms with Crippen LogP contribution in [0.2, 0.25) is 0 Å². The van der Waals surface area contributed by atoms with Crippen LogP contribution in [-0.2, 0) is 0 Å². The Kier molecular flexibility index (Phi) is 7.34. The van der Waals surface area contributed by atoms with E-state index < -0.39 is 0 Å². The van der Waals surface area contributed by atoms with Gasteiger partial charge in [0, 0.05) is 23.2 Å². The second-order valence-corrected chi connectivity index (χ2v) is 6.85. The van der Waals surface area contributed by atoms with E-state index >= 15 is 0 Å². The maximum absolute atomic E-state index is 12.3. The van der Waals surface area contributed by atoms with Crippen molar-refractivity contribution in [3.8, 4) is 23.0 Å². The van der Waals surface area contributed by atoms with E-state index in [2.05, 4.69) is 15.6 Å². The number of hydrogen-bond acceptors (Lipinski definition) is 8. The van der Waals surface area contributed by atoms with Gasteiger partial charge in [-0.25, -0.2) is 4.98 Å². The summed E-state index contributed by atoms with van der Waals surface area (Å²) in [6.45, 7) is 0.747. The Morgan fingerprint density at radius 3 is 2.37 bits per heavy atom. The van der Waals surface area contributed by atoms with Gasteiger partial charge in [-0.2, -0.15) is 0 Å². The van der Waals surface area contributed by atoms with Gasteiger partial charge in [0.15, 0.2) is 16.6 Å². The molecule has 0 atom stereocenters. The Morgan fingerprint density at radius 2 is 1.73 bits per heavy atom. The third-order valence-corrected chi connectivity index (χ3v) is 4.81. The number of anilines is 2. The van der Waals surface area contributed by atoms with Crippen LogP contribution in [-0.4, -0.2) is 45.4 Å². The quantitative estimate of drug-likeness (QED) is 0.475. The molecule has 158 valence electrons. The van der Waals surface area contributed by atoms with E-state index in [0.29, 0.717) is 46.9 Å². The molecule has 0 aliphatic carbocycles. The van der Waals surface area contributed by atoms with Crippen molar-refractivity contribution in [2.45, 2.75) is 0 Å². The minimum atomic E-state index is -0.263. The number of para-hydroxylation sites is 1. The first-order chi connectivity index (χ1) is 14.6. The molecule has 2 aromatic carbocycles. The molecule has 0 aliphatic heterocycles. The van der Waals surface area contributed by atoms with Crippen LogP contribution < -0.4 is 29.6 Å². The molecule has 3 aromatic rings. The monoisotopic (exact) mass is 429 g/mol. The predicted molar refractivity (Wildman–Crippen MR) is 116 cm³/mol. The smallest absolute Gasteiger partial charge is 0.270 e. The Bertz CT molecular complexity index is 953. The third-order valence-electron chi connectivity index (χ3n) is 4.05. The zero-order valence-corrected chi connectivity index (χ0v) is 17.7. The number of rotatable bonds is 10. The standard InChI is InChI=1S/C21H23N3O5S/c1-26-17-11-14(12-18(27-2)19(17)28-3)23-21-24-16(13-30-21)20(25)22-9-10-29-15-7-5-4-6-8-15/h4-8,11-13H,9-10H2,1-3H3,(H,22,25)(H,23,24). The van der Waals surface area contributed by atoms with Crippen molar-refractivity contribution in [3.63, 3.8) is 0 Å². The van der Waals surface area contributed by atoms with E-state index in [1.165, 1.54) is 11.3 Å². The first-order valence-electron chi connectivity index (χ1n) is 9.13. The van der Waals surface area contributed by atoms with Crippen molar-refractivity contribution in [2.75, 3.05) is 39.8 Å². The summed E-state index contributed by atoms with van der Waals surface area (Å²) in [6.07, 6.45) is 0. The maximum Gasteiger partial charge on any atom is 0.270 e. The van der Waals surface area contributed by atoms with Crippen LogP contribution >= 0.6 is 11.3 Å². The lowest BCUT2D eigenvalue weighted by Gasteiger charge is -2.14. The van der Waals surface area contributed by atoms with Crippen LogP contribution in [0.3, 0.4) is 0 Å². The fraction of sp³-hybridized carbons (Fsp3) is 0.238. The highest BCUT2D eigenvalue weighted by Gasteiger charge is 2.15. The summed E-state index contributed by atoms with van der Waals surface area (Å²) in [7, 11) is 4.65. The number of thiazole rings is 1. The average molecular weight is 429 g/mol. The number of benzene rings is 2. The summed E-state index contributed by atoms with van der Waals surface area (Å²) in [5.74, 6) is 2.04. The number of methoxy groups -OCH3 is 3. The van der Waals surface area contributed by atoms with Crippen molar-refractivity contribution in [1.29, 1.82) is 0 Å². The van der Waals surface area contributed by atoms with Crippen molar-refractivity contribution in [1.82, 2.24) is 10.3 Å². The van der Waals surface area contributed by atoms with Crippen molar-refractivity contribution in [2.24, 2.45) is 0 Å². The van der Waals surface area contributed by atoms with Gasteiger partial charge in [0.05, 0.1) is 27.9 Å². The molecule has 2 N–H and O–H groups in total. The molecule has 1 aromatic heterocycles. The van der Waals surface area contributed by atoms with E-state index in [9.17, 15) is 4.79 Å². The maximum atomic E-state index is 12.3. The van der Waals surface area contributed by atoms with Gasteiger partial charge in [-0.15, -0.1) is 11.3 Å². The molecule has 9 heteroatoms. The molecule has 0 spiro atoms. The van der Waals surface area contributed by atoms with E-state index in [0.717, 1.165) is 5.75 Å². The summed E-state index contributed by atoms with van der Waals surface area (Å²) in [5.41, 5.74) is 1.02. The Balaban J connectivity index is 1.57. The number of carbonyl (C=O) groups is 1. The van der Waals surface area contributed by atoms with E-state index in [4.69, 9.17) is 18.9 Å². The van der Waals surface area contributed by atoms with Gasteiger partial charge in [0.1, 0.15) is 18.1 Å². The van der Waals surface area contributed by atoms with Gasteiger partial charge in [-0.3, -0.25) is 4.79 Å². The minimum Gasteiger partial charge on any atom is -0.493 e. The van der Waals surface area contributed by atoms with Crippen LogP contribution in [0, 0.1) is 0 Å².